The molecule has 0 unspecified atom stereocenters. The van der Waals surface area contributed by atoms with Crippen LogP contribution in [0.15, 0.2) is 38.4 Å². The fraction of sp³-hybridized carbons (Fsp3) is 0.500. The molecule has 2 aromatic heterocycles. The first kappa shape index (κ1) is 18.7. The number of nitrogens with zero attached hydrogens (tertiary/aromatic N) is 2. The molecule has 0 N–H and O–H groups in total. The molecule has 0 atom stereocenters. The summed E-state index contributed by atoms with van der Waals surface area (Å²) < 4.78 is 7.03. The molecule has 0 bridgehead atoms. The van der Waals surface area contributed by atoms with Crippen molar-refractivity contribution in [3.05, 3.63) is 67.6 Å². The van der Waals surface area contributed by atoms with Crippen molar-refractivity contribution in [3.63, 3.8) is 0 Å². The molecular weight excluding hydrogens is 356 g/mol. The highest BCUT2D eigenvalue weighted by atomic mass is 16.4. The summed E-state index contributed by atoms with van der Waals surface area (Å²) in [5.41, 5.74) is 1.36. The highest BCUT2D eigenvalue weighted by Gasteiger charge is 2.29. The Morgan fingerprint density at radius 2 is 1.79 bits per heavy atom. The number of hydrogen-bond donors (Lipinski definition) is 0. The fourth-order valence-electron chi connectivity index (χ4n) is 4.18. The first-order valence-electron chi connectivity index (χ1n) is 10.0. The molecule has 6 nitrogen and oxygen atoms in total. The number of carbonyl (C=O) groups excluding carboxylic acids is 1. The Hall–Kier alpha value is -2.63. The normalized spacial score (nSPS) is 18.1. The lowest BCUT2D eigenvalue weighted by Gasteiger charge is -2.32. The van der Waals surface area contributed by atoms with E-state index in [0.29, 0.717) is 24.6 Å². The Bertz CT molecular complexity index is 1010. The van der Waals surface area contributed by atoms with E-state index < -0.39 is 5.63 Å². The lowest BCUT2D eigenvalue weighted by molar-refractivity contribution is 0.0706. The van der Waals surface area contributed by atoms with Crippen molar-refractivity contribution in [1.29, 1.82) is 0 Å². The van der Waals surface area contributed by atoms with Gasteiger partial charge in [-0.25, -0.2) is 4.79 Å². The van der Waals surface area contributed by atoms with Gasteiger partial charge < -0.3 is 13.9 Å². The zero-order chi connectivity index (χ0) is 19.8. The molecule has 148 valence electrons. The van der Waals surface area contributed by atoms with Crippen molar-refractivity contribution in [2.75, 3.05) is 13.1 Å². The Morgan fingerprint density at radius 1 is 1.07 bits per heavy atom. The maximum absolute atomic E-state index is 13.0. The Balaban J connectivity index is 1.47. The zero-order valence-corrected chi connectivity index (χ0v) is 16.4. The van der Waals surface area contributed by atoms with Gasteiger partial charge in [0.1, 0.15) is 11.3 Å². The van der Waals surface area contributed by atoms with Gasteiger partial charge in [0, 0.05) is 38.3 Å². The zero-order valence-electron chi connectivity index (χ0n) is 16.4. The van der Waals surface area contributed by atoms with E-state index in [2.05, 4.69) is 0 Å². The molecule has 1 aliphatic heterocycles. The molecule has 4 rings (SSSR count). The van der Waals surface area contributed by atoms with Gasteiger partial charge in [-0.05, 0) is 61.8 Å². The monoisotopic (exact) mass is 382 g/mol. The van der Waals surface area contributed by atoms with Crippen LogP contribution in [0.25, 0.3) is 0 Å². The number of amides is 1. The number of pyridine rings is 1. The predicted molar refractivity (Wildman–Crippen MR) is 106 cm³/mol. The molecule has 1 amide bonds. The second-order valence-corrected chi connectivity index (χ2v) is 8.10. The van der Waals surface area contributed by atoms with E-state index in [-0.39, 0.29) is 22.9 Å². The number of aromatic nitrogens is 1. The third kappa shape index (κ3) is 3.43. The van der Waals surface area contributed by atoms with Crippen LogP contribution in [0.5, 0.6) is 0 Å². The van der Waals surface area contributed by atoms with Crippen LogP contribution in [0.3, 0.4) is 0 Å². The van der Waals surface area contributed by atoms with E-state index in [4.69, 9.17) is 4.42 Å². The number of carbonyl (C=O) groups is 1. The molecule has 3 heterocycles. The highest BCUT2D eigenvalue weighted by molar-refractivity contribution is 5.95. The molecule has 2 fully saturated rings. The number of hydrogen-bond acceptors (Lipinski definition) is 4. The largest absolute Gasteiger partial charge is 0.427 e. The van der Waals surface area contributed by atoms with Gasteiger partial charge >= 0.3 is 5.63 Å². The average molecular weight is 382 g/mol. The van der Waals surface area contributed by atoms with Gasteiger partial charge in [0.05, 0.1) is 0 Å². The molecule has 0 radical (unpaired) electrons. The number of rotatable bonds is 3. The molecule has 0 spiro atoms. The van der Waals surface area contributed by atoms with E-state index >= 15 is 0 Å². The predicted octanol–water partition coefficient (Wildman–Crippen LogP) is 2.93. The Morgan fingerprint density at radius 3 is 2.36 bits per heavy atom. The molecule has 1 saturated carbocycles. The summed E-state index contributed by atoms with van der Waals surface area (Å²) in [7, 11) is 1.73. The minimum Gasteiger partial charge on any atom is -0.427 e. The number of aryl methyl sites for hydroxylation is 2. The standard InChI is InChI=1S/C22H26N2O4/c1-14-12-18(16-4-3-5-16)28-22(27)20(14)21(26)24-10-7-15(8-11-24)17-6-9-23(2)19(25)13-17/h6,9,12-13,15-16H,3-5,7-8,10-11H2,1-2H3. The van der Waals surface area contributed by atoms with Crippen LogP contribution in [0.1, 0.15) is 71.2 Å². The van der Waals surface area contributed by atoms with Gasteiger partial charge in [-0.2, -0.15) is 0 Å². The average Bonchev–Trinajstić information content (AvgIpc) is 2.62. The molecule has 2 aromatic rings. The third-order valence-corrected chi connectivity index (χ3v) is 6.27. The summed E-state index contributed by atoms with van der Waals surface area (Å²) >= 11 is 0. The topological polar surface area (TPSA) is 72.5 Å². The van der Waals surface area contributed by atoms with Gasteiger partial charge in [-0.15, -0.1) is 0 Å². The van der Waals surface area contributed by atoms with Gasteiger partial charge in [0.15, 0.2) is 0 Å². The highest BCUT2D eigenvalue weighted by Crippen LogP contribution is 2.36. The van der Waals surface area contributed by atoms with E-state index in [1.54, 1.807) is 28.8 Å². The van der Waals surface area contributed by atoms with E-state index in [1.807, 2.05) is 19.1 Å². The lowest BCUT2D eigenvalue weighted by atomic mass is 9.83. The van der Waals surface area contributed by atoms with Crippen LogP contribution in [-0.2, 0) is 7.05 Å². The van der Waals surface area contributed by atoms with E-state index in [1.165, 1.54) is 0 Å². The molecule has 1 saturated heterocycles. The first-order valence-corrected chi connectivity index (χ1v) is 10.0. The first-order chi connectivity index (χ1) is 13.4. The Labute approximate surface area is 163 Å². The van der Waals surface area contributed by atoms with Gasteiger partial charge in [-0.3, -0.25) is 9.59 Å². The summed E-state index contributed by atoms with van der Waals surface area (Å²) in [5, 5.41) is 0. The molecular formula is C22H26N2O4. The molecule has 6 heteroatoms. The van der Waals surface area contributed by atoms with Crippen molar-refractivity contribution in [3.8, 4) is 0 Å². The van der Waals surface area contributed by atoms with Crippen molar-refractivity contribution >= 4 is 5.91 Å². The van der Waals surface area contributed by atoms with Crippen molar-refractivity contribution in [1.82, 2.24) is 9.47 Å². The maximum atomic E-state index is 13.0. The molecule has 2 aliphatic rings. The molecule has 1 aliphatic carbocycles. The number of piperidine rings is 1. The van der Waals surface area contributed by atoms with Crippen LogP contribution < -0.4 is 11.2 Å². The number of likely N-dealkylation sites (tertiary alicyclic amines) is 1. The second kappa shape index (κ2) is 7.41. The summed E-state index contributed by atoms with van der Waals surface area (Å²) in [6, 6.07) is 5.52. The molecule has 28 heavy (non-hydrogen) atoms. The second-order valence-electron chi connectivity index (χ2n) is 8.10. The maximum Gasteiger partial charge on any atom is 0.349 e. The van der Waals surface area contributed by atoms with Gasteiger partial charge in [0.2, 0.25) is 0 Å². The van der Waals surface area contributed by atoms with Crippen molar-refractivity contribution in [2.45, 2.75) is 50.9 Å². The quantitative estimate of drug-likeness (QED) is 0.818. The Kier molecular flexibility index (Phi) is 4.96. The fourth-order valence-corrected chi connectivity index (χ4v) is 4.18. The van der Waals surface area contributed by atoms with Crippen LogP contribution >= 0.6 is 0 Å². The summed E-state index contributed by atoms with van der Waals surface area (Å²) in [5.74, 6) is 1.06. The summed E-state index contributed by atoms with van der Waals surface area (Å²) in [6.07, 6.45) is 6.61. The van der Waals surface area contributed by atoms with Gasteiger partial charge in [0.25, 0.3) is 11.5 Å². The van der Waals surface area contributed by atoms with Gasteiger partial charge in [-0.1, -0.05) is 6.42 Å². The summed E-state index contributed by atoms with van der Waals surface area (Å²) in [4.78, 5) is 39.1. The lowest BCUT2D eigenvalue weighted by Crippen LogP contribution is -2.40. The minimum atomic E-state index is -0.513. The van der Waals surface area contributed by atoms with Crippen LogP contribution in [0.4, 0.5) is 0 Å². The van der Waals surface area contributed by atoms with Crippen molar-refractivity contribution < 1.29 is 9.21 Å². The molecule has 0 aromatic carbocycles. The SMILES string of the molecule is Cc1cc(C2CCC2)oc(=O)c1C(=O)N1CCC(c2ccn(C)c(=O)c2)CC1. The van der Waals surface area contributed by atoms with Crippen molar-refractivity contribution in [2.24, 2.45) is 7.05 Å². The van der Waals surface area contributed by atoms with E-state index in [0.717, 1.165) is 43.4 Å². The summed E-state index contributed by atoms with van der Waals surface area (Å²) in [6.45, 7) is 2.96. The smallest absolute Gasteiger partial charge is 0.349 e. The third-order valence-electron chi connectivity index (χ3n) is 6.27. The van der Waals surface area contributed by atoms with Crippen LogP contribution in [0.2, 0.25) is 0 Å². The van der Waals surface area contributed by atoms with Crippen LogP contribution in [-0.4, -0.2) is 28.5 Å². The minimum absolute atomic E-state index is 0.0178. The van der Waals surface area contributed by atoms with Crippen LogP contribution in [0, 0.1) is 6.92 Å². The van der Waals surface area contributed by atoms with E-state index in [9.17, 15) is 14.4 Å².